The van der Waals surface area contributed by atoms with Crippen LogP contribution in [0.1, 0.15) is 77.7 Å². The van der Waals surface area contributed by atoms with Crippen LogP contribution in [0.3, 0.4) is 0 Å². The molecule has 37 heavy (non-hydrogen) atoms. The Hall–Kier alpha value is -3.44. The predicted molar refractivity (Wildman–Crippen MR) is 137 cm³/mol. The number of carboxylic acids is 1. The SMILES string of the molecule is COC(=O)CC[C@H](NC(=O)CCCCCCC1CNc2nc(NC(=O)C(C)(C)C)[nH]c(=O)c2C1)C(=O)O. The Labute approximate surface area is 216 Å². The van der Waals surface area contributed by atoms with Crippen LogP contribution in [0.25, 0.3) is 0 Å². The van der Waals surface area contributed by atoms with Crippen LogP contribution in [0.2, 0.25) is 0 Å². The minimum atomic E-state index is -1.18. The van der Waals surface area contributed by atoms with Gasteiger partial charge in [0.05, 0.1) is 12.7 Å². The van der Waals surface area contributed by atoms with Crippen molar-refractivity contribution in [3.63, 3.8) is 0 Å². The summed E-state index contributed by atoms with van der Waals surface area (Å²) in [6.45, 7) is 6.02. The van der Waals surface area contributed by atoms with Crippen molar-refractivity contribution in [1.29, 1.82) is 0 Å². The molecular weight excluding hydrogens is 482 g/mol. The molecule has 1 aliphatic rings. The molecule has 12 heteroatoms. The summed E-state index contributed by atoms with van der Waals surface area (Å²) < 4.78 is 4.50. The molecule has 0 fully saturated rings. The van der Waals surface area contributed by atoms with Gasteiger partial charge in [-0.15, -0.1) is 0 Å². The Bertz CT molecular complexity index is 1030. The summed E-state index contributed by atoms with van der Waals surface area (Å²) in [6, 6.07) is -1.11. The van der Waals surface area contributed by atoms with Gasteiger partial charge in [-0.1, -0.05) is 40.0 Å². The fourth-order valence-electron chi connectivity index (χ4n) is 3.95. The van der Waals surface area contributed by atoms with Crippen molar-refractivity contribution in [3.05, 3.63) is 15.9 Å². The first-order chi connectivity index (χ1) is 17.4. The minimum absolute atomic E-state index is 0.0163. The van der Waals surface area contributed by atoms with E-state index in [2.05, 4.69) is 30.7 Å². The summed E-state index contributed by atoms with van der Waals surface area (Å²) in [5, 5.41) is 17.5. The van der Waals surface area contributed by atoms with E-state index >= 15 is 0 Å². The Balaban J connectivity index is 1.70. The van der Waals surface area contributed by atoms with Crippen molar-refractivity contribution >= 4 is 35.5 Å². The van der Waals surface area contributed by atoms with Crippen LogP contribution in [0, 0.1) is 11.3 Å². The smallest absolute Gasteiger partial charge is 0.326 e. The van der Waals surface area contributed by atoms with Gasteiger partial charge in [0.2, 0.25) is 17.8 Å². The molecule has 5 N–H and O–H groups in total. The maximum Gasteiger partial charge on any atom is 0.326 e. The summed E-state index contributed by atoms with van der Waals surface area (Å²) in [5.41, 5.74) is -0.283. The molecule has 2 rings (SSSR count). The zero-order valence-electron chi connectivity index (χ0n) is 22.1. The van der Waals surface area contributed by atoms with Gasteiger partial charge in [-0.25, -0.2) is 4.79 Å². The molecule has 0 radical (unpaired) electrons. The van der Waals surface area contributed by atoms with E-state index in [-0.39, 0.29) is 48.5 Å². The highest BCUT2D eigenvalue weighted by molar-refractivity contribution is 5.93. The van der Waals surface area contributed by atoms with Crippen molar-refractivity contribution in [2.45, 2.75) is 84.6 Å². The molecular formula is C25H39N5O7. The van der Waals surface area contributed by atoms with Crippen molar-refractivity contribution in [2.24, 2.45) is 11.3 Å². The zero-order valence-corrected chi connectivity index (χ0v) is 22.1. The van der Waals surface area contributed by atoms with Gasteiger partial charge in [0, 0.05) is 24.8 Å². The number of fused-ring (bicyclic) bond motifs is 1. The van der Waals surface area contributed by atoms with Gasteiger partial charge in [0.1, 0.15) is 11.9 Å². The quantitative estimate of drug-likeness (QED) is 0.192. The highest BCUT2D eigenvalue weighted by Gasteiger charge is 2.25. The lowest BCUT2D eigenvalue weighted by Crippen LogP contribution is -2.41. The maximum atomic E-state index is 12.6. The number of ether oxygens (including phenoxy) is 1. The number of carboxylic acid groups (broad SMARTS) is 1. The second-order valence-corrected chi connectivity index (χ2v) is 10.4. The van der Waals surface area contributed by atoms with Gasteiger partial charge in [-0.2, -0.15) is 4.98 Å². The van der Waals surface area contributed by atoms with Gasteiger partial charge < -0.3 is 20.5 Å². The topological polar surface area (TPSA) is 180 Å². The van der Waals surface area contributed by atoms with E-state index in [0.29, 0.717) is 30.8 Å². The van der Waals surface area contributed by atoms with E-state index in [4.69, 9.17) is 0 Å². The zero-order chi connectivity index (χ0) is 27.6. The van der Waals surface area contributed by atoms with Gasteiger partial charge in [0.15, 0.2) is 0 Å². The molecule has 0 bridgehead atoms. The molecule has 0 saturated carbocycles. The van der Waals surface area contributed by atoms with Gasteiger partial charge >= 0.3 is 11.9 Å². The number of carbonyl (C=O) groups is 4. The lowest BCUT2D eigenvalue weighted by molar-refractivity contribution is -0.144. The molecule has 2 atom stereocenters. The molecule has 1 aliphatic heterocycles. The molecule has 0 saturated heterocycles. The fraction of sp³-hybridized carbons (Fsp3) is 0.680. The number of nitrogens with zero attached hydrogens (tertiary/aromatic N) is 1. The summed E-state index contributed by atoms with van der Waals surface area (Å²) >= 11 is 0. The summed E-state index contributed by atoms with van der Waals surface area (Å²) in [4.78, 5) is 66.3. The molecule has 0 aromatic carbocycles. The van der Waals surface area contributed by atoms with E-state index in [1.165, 1.54) is 7.11 Å². The maximum absolute atomic E-state index is 12.6. The first-order valence-electron chi connectivity index (χ1n) is 12.7. The monoisotopic (exact) mass is 521 g/mol. The number of rotatable bonds is 13. The molecule has 1 aromatic rings. The number of methoxy groups -OCH3 is 1. The van der Waals surface area contributed by atoms with Crippen molar-refractivity contribution in [2.75, 3.05) is 24.3 Å². The molecule has 2 amide bonds. The van der Waals surface area contributed by atoms with Crippen LogP contribution in [0.5, 0.6) is 0 Å². The average molecular weight is 522 g/mol. The third kappa shape index (κ3) is 9.85. The Morgan fingerprint density at radius 3 is 2.49 bits per heavy atom. The Morgan fingerprint density at radius 1 is 1.14 bits per heavy atom. The van der Waals surface area contributed by atoms with Crippen LogP contribution in [0.4, 0.5) is 11.8 Å². The van der Waals surface area contributed by atoms with E-state index in [1.54, 1.807) is 20.8 Å². The number of nitrogens with one attached hydrogen (secondary N) is 4. The highest BCUT2D eigenvalue weighted by atomic mass is 16.5. The number of carbonyl (C=O) groups excluding carboxylic acids is 3. The van der Waals surface area contributed by atoms with Gasteiger partial charge in [0.25, 0.3) is 5.56 Å². The van der Waals surface area contributed by atoms with Crippen LogP contribution in [0.15, 0.2) is 4.79 Å². The number of unbranched alkanes of at least 4 members (excludes halogenated alkanes) is 3. The van der Waals surface area contributed by atoms with Gasteiger partial charge in [-0.05, 0) is 31.6 Å². The van der Waals surface area contributed by atoms with Gasteiger partial charge in [-0.3, -0.25) is 29.5 Å². The third-order valence-electron chi connectivity index (χ3n) is 6.24. The molecule has 206 valence electrons. The van der Waals surface area contributed by atoms with E-state index in [9.17, 15) is 29.1 Å². The van der Waals surface area contributed by atoms with E-state index < -0.39 is 23.4 Å². The number of aliphatic carboxylic acids is 1. The lowest BCUT2D eigenvalue weighted by atomic mass is 9.91. The standard InChI is InChI=1S/C25H39N5O7/c1-25(2,3)23(36)30-24-28-20-16(21(33)29-24)13-15(14-26-20)9-7-5-6-8-10-18(31)27-17(22(34)35)11-12-19(32)37-4/h15,17H,5-14H2,1-4H3,(H,27,31)(H,34,35)(H3,26,28,29,30,33,36)/t15?,17-/m0/s1. The average Bonchev–Trinajstić information content (AvgIpc) is 2.83. The number of anilines is 2. The van der Waals surface area contributed by atoms with Crippen LogP contribution >= 0.6 is 0 Å². The fourth-order valence-corrected chi connectivity index (χ4v) is 3.95. The summed E-state index contributed by atoms with van der Waals surface area (Å²) in [5.74, 6) is -1.37. The molecule has 12 nitrogen and oxygen atoms in total. The first-order valence-corrected chi connectivity index (χ1v) is 12.7. The van der Waals surface area contributed by atoms with Crippen LogP contribution in [-0.4, -0.2) is 58.5 Å². The van der Waals surface area contributed by atoms with E-state index in [0.717, 1.165) is 25.7 Å². The molecule has 0 spiro atoms. The Kier molecular flexibility index (Phi) is 11.1. The lowest BCUT2D eigenvalue weighted by Gasteiger charge is -2.25. The summed E-state index contributed by atoms with van der Waals surface area (Å²) in [7, 11) is 1.23. The normalized spacial score (nSPS) is 15.6. The summed E-state index contributed by atoms with van der Waals surface area (Å²) in [6.07, 6.45) is 4.94. The molecule has 1 aromatic heterocycles. The first kappa shape index (κ1) is 29.8. The van der Waals surface area contributed by atoms with E-state index in [1.807, 2.05) is 0 Å². The number of hydrogen-bond acceptors (Lipinski definition) is 8. The second kappa shape index (κ2) is 13.8. The predicted octanol–water partition coefficient (Wildman–Crippen LogP) is 2.20. The number of H-pyrrole nitrogens is 1. The number of hydrogen-bond donors (Lipinski definition) is 5. The Morgan fingerprint density at radius 2 is 1.84 bits per heavy atom. The molecule has 2 heterocycles. The van der Waals surface area contributed by atoms with Crippen molar-refractivity contribution in [1.82, 2.24) is 15.3 Å². The number of aromatic amines is 1. The second-order valence-electron chi connectivity index (χ2n) is 10.4. The largest absolute Gasteiger partial charge is 0.480 e. The molecule has 1 unspecified atom stereocenters. The van der Waals surface area contributed by atoms with Crippen molar-refractivity contribution in [3.8, 4) is 0 Å². The third-order valence-corrected chi connectivity index (χ3v) is 6.24. The number of aromatic nitrogens is 2. The molecule has 0 aliphatic carbocycles. The minimum Gasteiger partial charge on any atom is -0.480 e. The van der Waals surface area contributed by atoms with Crippen LogP contribution in [-0.2, 0) is 30.3 Å². The number of esters is 1. The number of amides is 2. The van der Waals surface area contributed by atoms with Crippen molar-refractivity contribution < 1.29 is 29.0 Å². The van der Waals surface area contributed by atoms with Crippen LogP contribution < -0.4 is 21.5 Å². The highest BCUT2D eigenvalue weighted by Crippen LogP contribution is 2.25.